The molecule has 9 heteroatoms. The lowest BCUT2D eigenvalue weighted by molar-refractivity contribution is 0.533. The summed E-state index contributed by atoms with van der Waals surface area (Å²) in [4.78, 5) is 16.4. The van der Waals surface area contributed by atoms with Crippen molar-refractivity contribution in [2.24, 2.45) is 12.0 Å². The first kappa shape index (κ1) is 20.7. The summed E-state index contributed by atoms with van der Waals surface area (Å²) in [6, 6.07) is 11.9. The quantitative estimate of drug-likeness (QED) is 0.637. The molecule has 0 saturated heterocycles. The normalized spacial score (nSPS) is 12.3. The largest absolute Gasteiger partial charge is 0.343 e. The number of hydrogen-bond acceptors (Lipinski definition) is 4. The van der Waals surface area contributed by atoms with Crippen LogP contribution in [0.4, 0.5) is 8.78 Å². The smallest absolute Gasteiger partial charge is 0.278 e. The van der Waals surface area contributed by atoms with Crippen LogP contribution in [0.5, 0.6) is 0 Å². The average Bonchev–Trinajstić information content (AvgIpc) is 2.71. The Bertz CT molecular complexity index is 1280. The fraction of sp³-hybridized carbons (Fsp3) is 0.200. The Morgan fingerprint density at radius 2 is 1.66 bits per heavy atom. The zero-order valence-electron chi connectivity index (χ0n) is 15.8. The van der Waals surface area contributed by atoms with Gasteiger partial charge in [-0.15, -0.1) is 0 Å². The number of hydrogen-bond donors (Lipinski definition) is 0. The Morgan fingerprint density at radius 1 is 1.00 bits per heavy atom. The van der Waals surface area contributed by atoms with Gasteiger partial charge in [0.05, 0.1) is 17.6 Å². The fourth-order valence-electron chi connectivity index (χ4n) is 2.77. The summed E-state index contributed by atoms with van der Waals surface area (Å²) in [5.41, 5.74) is -0.209. The number of rotatable bonds is 5. The van der Waals surface area contributed by atoms with Crippen LogP contribution in [0.2, 0.25) is 0 Å². The maximum atomic E-state index is 14.6. The molecule has 0 fully saturated rings. The van der Waals surface area contributed by atoms with E-state index in [4.69, 9.17) is 0 Å². The van der Waals surface area contributed by atoms with E-state index in [1.807, 2.05) is 6.92 Å². The SMILES string of the molecule is CCc1ccc(S(=O)(=O)n2cc(F)/c(=N\Cc3ccccc3F)n(C)c2=O)cc1. The Morgan fingerprint density at radius 3 is 2.28 bits per heavy atom. The second-order valence-corrected chi connectivity index (χ2v) is 8.16. The van der Waals surface area contributed by atoms with Crippen molar-refractivity contribution in [1.29, 1.82) is 0 Å². The Balaban J connectivity index is 2.08. The molecule has 0 unspecified atom stereocenters. The van der Waals surface area contributed by atoms with Crippen LogP contribution in [0.3, 0.4) is 0 Å². The summed E-state index contributed by atoms with van der Waals surface area (Å²) >= 11 is 0. The molecule has 0 atom stereocenters. The molecule has 0 amide bonds. The molecule has 0 N–H and O–H groups in total. The summed E-state index contributed by atoms with van der Waals surface area (Å²) in [6.45, 7) is 1.72. The van der Waals surface area contributed by atoms with E-state index >= 15 is 0 Å². The second kappa shape index (κ2) is 8.12. The molecule has 0 spiro atoms. The number of halogens is 2. The predicted octanol–water partition coefficient (Wildman–Crippen LogP) is 2.37. The van der Waals surface area contributed by atoms with E-state index in [2.05, 4.69) is 4.99 Å². The van der Waals surface area contributed by atoms with Crippen LogP contribution in [-0.2, 0) is 30.0 Å². The van der Waals surface area contributed by atoms with E-state index in [-0.39, 0.29) is 22.5 Å². The molecule has 0 saturated carbocycles. The van der Waals surface area contributed by atoms with Gasteiger partial charge in [0.1, 0.15) is 5.82 Å². The Labute approximate surface area is 166 Å². The molecule has 0 bridgehead atoms. The van der Waals surface area contributed by atoms with E-state index in [1.54, 1.807) is 18.2 Å². The van der Waals surface area contributed by atoms with Gasteiger partial charge < -0.3 is 0 Å². The zero-order chi connectivity index (χ0) is 21.2. The van der Waals surface area contributed by atoms with E-state index < -0.39 is 27.3 Å². The van der Waals surface area contributed by atoms with Gasteiger partial charge in [-0.3, -0.25) is 9.56 Å². The molecule has 2 aromatic carbocycles. The van der Waals surface area contributed by atoms with Gasteiger partial charge in [0.2, 0.25) is 0 Å². The Hall–Kier alpha value is -3.07. The van der Waals surface area contributed by atoms with Crippen LogP contribution in [0.25, 0.3) is 0 Å². The molecule has 29 heavy (non-hydrogen) atoms. The topological polar surface area (TPSA) is 73.4 Å². The molecule has 1 heterocycles. The molecule has 3 rings (SSSR count). The molecule has 0 radical (unpaired) electrons. The van der Waals surface area contributed by atoms with Gasteiger partial charge >= 0.3 is 5.69 Å². The highest BCUT2D eigenvalue weighted by atomic mass is 32.2. The minimum Gasteiger partial charge on any atom is -0.278 e. The third kappa shape index (κ3) is 4.04. The van der Waals surface area contributed by atoms with Crippen molar-refractivity contribution in [2.45, 2.75) is 24.8 Å². The molecule has 0 aliphatic rings. The van der Waals surface area contributed by atoms with Gasteiger partial charge in [0.25, 0.3) is 10.0 Å². The van der Waals surface area contributed by atoms with Crippen LogP contribution < -0.4 is 11.2 Å². The highest BCUT2D eigenvalue weighted by Gasteiger charge is 2.21. The van der Waals surface area contributed by atoms with Crippen LogP contribution in [0.15, 0.2) is 69.4 Å². The van der Waals surface area contributed by atoms with Gasteiger partial charge in [-0.1, -0.05) is 37.3 Å². The van der Waals surface area contributed by atoms with Crippen molar-refractivity contribution >= 4 is 10.0 Å². The molecule has 0 aliphatic carbocycles. The van der Waals surface area contributed by atoms with Crippen LogP contribution in [-0.4, -0.2) is 17.0 Å². The van der Waals surface area contributed by atoms with E-state index in [9.17, 15) is 22.0 Å². The van der Waals surface area contributed by atoms with Gasteiger partial charge in [0.15, 0.2) is 11.3 Å². The molecule has 1 aromatic heterocycles. The molecule has 0 aliphatic heterocycles. The lowest BCUT2D eigenvalue weighted by Gasteiger charge is -2.11. The summed E-state index contributed by atoms with van der Waals surface area (Å²) in [6.07, 6.45) is 1.31. The van der Waals surface area contributed by atoms with Gasteiger partial charge in [-0.2, -0.15) is 3.97 Å². The molecule has 3 aromatic rings. The summed E-state index contributed by atoms with van der Waals surface area (Å²) in [5, 5.41) is 0. The highest BCUT2D eigenvalue weighted by Crippen LogP contribution is 2.13. The number of aromatic nitrogens is 2. The first-order valence-electron chi connectivity index (χ1n) is 8.82. The standard InChI is InChI=1S/C20H19F2N3O3S/c1-3-14-8-10-16(11-9-14)29(27,28)25-13-18(22)19(24(2)20(25)26)23-12-15-6-4-5-7-17(15)21/h4-11,13H,3,12H2,1-2H3/b23-19+. The van der Waals surface area contributed by atoms with Gasteiger partial charge in [-0.25, -0.2) is 22.0 Å². The summed E-state index contributed by atoms with van der Waals surface area (Å²) < 4.78 is 55.1. The Kier molecular flexibility index (Phi) is 5.78. The van der Waals surface area contributed by atoms with Crippen molar-refractivity contribution in [1.82, 2.24) is 8.54 Å². The fourth-order valence-corrected chi connectivity index (χ4v) is 4.03. The van der Waals surface area contributed by atoms with Crippen LogP contribution in [0, 0.1) is 11.6 Å². The van der Waals surface area contributed by atoms with Crippen molar-refractivity contribution in [3.8, 4) is 0 Å². The average molecular weight is 419 g/mol. The molecule has 6 nitrogen and oxygen atoms in total. The number of nitrogens with zero attached hydrogens (tertiary/aromatic N) is 3. The lowest BCUT2D eigenvalue weighted by Crippen LogP contribution is -2.42. The maximum absolute atomic E-state index is 14.6. The minimum absolute atomic E-state index is 0.132. The first-order valence-corrected chi connectivity index (χ1v) is 10.3. The second-order valence-electron chi connectivity index (χ2n) is 6.35. The minimum atomic E-state index is -4.29. The van der Waals surface area contributed by atoms with Crippen molar-refractivity contribution in [2.75, 3.05) is 0 Å². The highest BCUT2D eigenvalue weighted by molar-refractivity contribution is 7.90. The van der Waals surface area contributed by atoms with E-state index in [0.29, 0.717) is 10.2 Å². The number of benzene rings is 2. The zero-order valence-corrected chi connectivity index (χ0v) is 16.7. The monoisotopic (exact) mass is 419 g/mol. The summed E-state index contributed by atoms with van der Waals surface area (Å²) in [7, 11) is -3.08. The van der Waals surface area contributed by atoms with Crippen molar-refractivity contribution < 1.29 is 17.2 Å². The number of aryl methyl sites for hydroxylation is 1. The van der Waals surface area contributed by atoms with E-state index in [1.165, 1.54) is 37.4 Å². The predicted molar refractivity (Wildman–Crippen MR) is 104 cm³/mol. The lowest BCUT2D eigenvalue weighted by atomic mass is 10.2. The summed E-state index contributed by atoms with van der Waals surface area (Å²) in [5.74, 6) is -1.53. The van der Waals surface area contributed by atoms with Gasteiger partial charge in [0, 0.05) is 12.6 Å². The van der Waals surface area contributed by atoms with Crippen LogP contribution >= 0.6 is 0 Å². The molecular formula is C20H19F2N3O3S. The van der Waals surface area contributed by atoms with Crippen molar-refractivity contribution in [3.05, 3.63) is 93.5 Å². The van der Waals surface area contributed by atoms with Gasteiger partial charge in [-0.05, 0) is 30.2 Å². The molecular weight excluding hydrogens is 400 g/mol. The first-order chi connectivity index (χ1) is 13.8. The molecule has 152 valence electrons. The third-order valence-corrected chi connectivity index (χ3v) is 6.13. The van der Waals surface area contributed by atoms with Crippen molar-refractivity contribution in [3.63, 3.8) is 0 Å². The third-order valence-electron chi connectivity index (χ3n) is 4.48. The van der Waals surface area contributed by atoms with Crippen LogP contribution in [0.1, 0.15) is 18.1 Å². The maximum Gasteiger partial charge on any atom is 0.343 e. The van der Waals surface area contributed by atoms with E-state index in [0.717, 1.165) is 16.6 Å².